The fraction of sp³-hybridized carbons (Fsp3) is 0.381. The van der Waals surface area contributed by atoms with Crippen LogP contribution < -0.4 is 24.8 Å². The summed E-state index contributed by atoms with van der Waals surface area (Å²) in [5, 5.41) is 5.97. The molecule has 144 valence electrons. The molecule has 2 aromatic rings. The van der Waals surface area contributed by atoms with Gasteiger partial charge in [-0.15, -0.1) is 0 Å². The fourth-order valence-electron chi connectivity index (χ4n) is 3.17. The molecule has 0 spiro atoms. The molecule has 0 aliphatic heterocycles. The standard InChI is InChI=1S/C21H26N2O4/c1-25-17-10-11-20(26-2)19(13-17)23-21(24)14-22-15-6-5-9-18(12-15)27-16-7-3-4-8-16/h5-6,9-13,16,22H,3-4,7-8,14H2,1-2H3,(H,23,24). The third kappa shape index (κ3) is 5.29. The Labute approximate surface area is 159 Å². The number of benzene rings is 2. The molecule has 2 N–H and O–H groups in total. The molecule has 1 aliphatic carbocycles. The molecule has 2 aromatic carbocycles. The van der Waals surface area contributed by atoms with Gasteiger partial charge in [-0.2, -0.15) is 0 Å². The van der Waals surface area contributed by atoms with Crippen LogP contribution in [0, 0.1) is 0 Å². The van der Waals surface area contributed by atoms with E-state index < -0.39 is 0 Å². The quantitative estimate of drug-likeness (QED) is 0.733. The van der Waals surface area contributed by atoms with E-state index in [1.165, 1.54) is 12.8 Å². The van der Waals surface area contributed by atoms with Gasteiger partial charge in [0.05, 0.1) is 32.6 Å². The van der Waals surface area contributed by atoms with Crippen molar-refractivity contribution >= 4 is 17.3 Å². The predicted octanol–water partition coefficient (Wildman–Crippen LogP) is 4.08. The van der Waals surface area contributed by atoms with Crippen LogP contribution in [0.1, 0.15) is 25.7 Å². The van der Waals surface area contributed by atoms with Crippen molar-refractivity contribution in [2.24, 2.45) is 0 Å². The second kappa shape index (κ2) is 9.16. The maximum absolute atomic E-state index is 12.3. The first kappa shape index (κ1) is 18.9. The highest BCUT2D eigenvalue weighted by Crippen LogP contribution is 2.29. The summed E-state index contributed by atoms with van der Waals surface area (Å²) in [6.45, 7) is 0.132. The van der Waals surface area contributed by atoms with E-state index in [9.17, 15) is 4.79 Å². The van der Waals surface area contributed by atoms with E-state index in [2.05, 4.69) is 10.6 Å². The monoisotopic (exact) mass is 370 g/mol. The largest absolute Gasteiger partial charge is 0.497 e. The van der Waals surface area contributed by atoms with Gasteiger partial charge in [-0.3, -0.25) is 4.79 Å². The summed E-state index contributed by atoms with van der Waals surface area (Å²) in [4.78, 5) is 12.3. The minimum absolute atomic E-state index is 0.132. The Morgan fingerprint density at radius 3 is 2.59 bits per heavy atom. The molecule has 0 aromatic heterocycles. The Morgan fingerprint density at radius 1 is 1.04 bits per heavy atom. The van der Waals surface area contributed by atoms with Gasteiger partial charge in [0.15, 0.2) is 0 Å². The lowest BCUT2D eigenvalue weighted by molar-refractivity contribution is -0.114. The van der Waals surface area contributed by atoms with Crippen molar-refractivity contribution in [3.63, 3.8) is 0 Å². The molecule has 6 heteroatoms. The SMILES string of the molecule is COc1ccc(OC)c(NC(=O)CNc2cccc(OC3CCCC3)c2)c1. The topological polar surface area (TPSA) is 68.8 Å². The van der Waals surface area contributed by atoms with Crippen LogP contribution in [0.5, 0.6) is 17.2 Å². The Hall–Kier alpha value is -2.89. The van der Waals surface area contributed by atoms with Crippen molar-refractivity contribution < 1.29 is 19.0 Å². The van der Waals surface area contributed by atoms with Crippen molar-refractivity contribution in [3.8, 4) is 17.2 Å². The molecule has 0 unspecified atom stereocenters. The van der Waals surface area contributed by atoms with Crippen LogP contribution >= 0.6 is 0 Å². The van der Waals surface area contributed by atoms with Crippen molar-refractivity contribution in [3.05, 3.63) is 42.5 Å². The number of amides is 1. The molecule has 1 amide bonds. The van der Waals surface area contributed by atoms with Gasteiger partial charge in [0, 0.05) is 17.8 Å². The van der Waals surface area contributed by atoms with Crippen molar-refractivity contribution in [1.29, 1.82) is 0 Å². The van der Waals surface area contributed by atoms with E-state index in [0.29, 0.717) is 23.3 Å². The summed E-state index contributed by atoms with van der Waals surface area (Å²) in [7, 11) is 3.14. The van der Waals surface area contributed by atoms with Crippen LogP contribution in [-0.2, 0) is 4.79 Å². The molecule has 0 bridgehead atoms. The Morgan fingerprint density at radius 2 is 1.85 bits per heavy atom. The summed E-state index contributed by atoms with van der Waals surface area (Å²) in [5.74, 6) is 1.89. The third-order valence-corrected chi connectivity index (χ3v) is 4.57. The van der Waals surface area contributed by atoms with Gasteiger partial charge in [-0.1, -0.05) is 6.07 Å². The molecule has 6 nitrogen and oxygen atoms in total. The van der Waals surface area contributed by atoms with E-state index >= 15 is 0 Å². The number of carbonyl (C=O) groups excluding carboxylic acids is 1. The Bertz CT molecular complexity index is 773. The van der Waals surface area contributed by atoms with Crippen molar-refractivity contribution in [2.45, 2.75) is 31.8 Å². The number of hydrogen-bond donors (Lipinski definition) is 2. The first-order chi connectivity index (χ1) is 13.2. The van der Waals surface area contributed by atoms with E-state index in [0.717, 1.165) is 24.3 Å². The van der Waals surface area contributed by atoms with Crippen LogP contribution in [0.2, 0.25) is 0 Å². The third-order valence-electron chi connectivity index (χ3n) is 4.57. The maximum Gasteiger partial charge on any atom is 0.243 e. The summed E-state index contributed by atoms with van der Waals surface area (Å²) >= 11 is 0. The Kier molecular flexibility index (Phi) is 6.41. The average Bonchev–Trinajstić information content (AvgIpc) is 3.19. The molecule has 0 saturated heterocycles. The van der Waals surface area contributed by atoms with Gasteiger partial charge in [0.1, 0.15) is 17.2 Å². The highest BCUT2D eigenvalue weighted by Gasteiger charge is 2.16. The van der Waals surface area contributed by atoms with Crippen LogP contribution in [0.4, 0.5) is 11.4 Å². The molecule has 0 radical (unpaired) electrons. The molecule has 27 heavy (non-hydrogen) atoms. The lowest BCUT2D eigenvalue weighted by Gasteiger charge is -2.15. The number of ether oxygens (including phenoxy) is 3. The summed E-state index contributed by atoms with van der Waals surface area (Å²) in [5.41, 5.74) is 1.42. The summed E-state index contributed by atoms with van der Waals surface area (Å²) in [6, 6.07) is 13.0. The lowest BCUT2D eigenvalue weighted by Crippen LogP contribution is -2.22. The predicted molar refractivity (Wildman–Crippen MR) is 106 cm³/mol. The number of hydrogen-bond acceptors (Lipinski definition) is 5. The molecule has 1 fully saturated rings. The van der Waals surface area contributed by atoms with Crippen LogP contribution in [0.15, 0.2) is 42.5 Å². The zero-order chi connectivity index (χ0) is 19.1. The summed E-state index contributed by atoms with van der Waals surface area (Å²) < 4.78 is 16.5. The number of nitrogens with one attached hydrogen (secondary N) is 2. The zero-order valence-corrected chi connectivity index (χ0v) is 15.8. The van der Waals surface area contributed by atoms with E-state index in [1.54, 1.807) is 32.4 Å². The average molecular weight is 370 g/mol. The van der Waals surface area contributed by atoms with Gasteiger partial charge >= 0.3 is 0 Å². The number of methoxy groups -OCH3 is 2. The molecule has 1 saturated carbocycles. The minimum Gasteiger partial charge on any atom is -0.497 e. The van der Waals surface area contributed by atoms with Gasteiger partial charge in [-0.05, 0) is 49.9 Å². The fourth-order valence-corrected chi connectivity index (χ4v) is 3.17. The second-order valence-corrected chi connectivity index (χ2v) is 6.52. The molecule has 0 heterocycles. The van der Waals surface area contributed by atoms with Crippen molar-refractivity contribution in [1.82, 2.24) is 0 Å². The van der Waals surface area contributed by atoms with Crippen molar-refractivity contribution in [2.75, 3.05) is 31.4 Å². The summed E-state index contributed by atoms with van der Waals surface area (Å²) in [6.07, 6.45) is 5.00. The number of rotatable bonds is 8. The second-order valence-electron chi connectivity index (χ2n) is 6.52. The van der Waals surface area contributed by atoms with Crippen LogP contribution in [-0.4, -0.2) is 32.8 Å². The minimum atomic E-state index is -0.177. The van der Waals surface area contributed by atoms with Gasteiger partial charge in [0.25, 0.3) is 0 Å². The first-order valence-corrected chi connectivity index (χ1v) is 9.20. The highest BCUT2D eigenvalue weighted by molar-refractivity contribution is 5.95. The maximum atomic E-state index is 12.3. The van der Waals surface area contributed by atoms with Gasteiger partial charge < -0.3 is 24.8 Å². The molecular weight excluding hydrogens is 344 g/mol. The first-order valence-electron chi connectivity index (χ1n) is 9.20. The smallest absolute Gasteiger partial charge is 0.243 e. The highest BCUT2D eigenvalue weighted by atomic mass is 16.5. The Balaban J connectivity index is 1.56. The molecule has 1 aliphatic rings. The van der Waals surface area contributed by atoms with E-state index in [1.807, 2.05) is 24.3 Å². The van der Waals surface area contributed by atoms with E-state index in [4.69, 9.17) is 14.2 Å². The lowest BCUT2D eigenvalue weighted by atomic mass is 10.2. The van der Waals surface area contributed by atoms with Gasteiger partial charge in [-0.25, -0.2) is 0 Å². The molecular formula is C21H26N2O4. The zero-order valence-electron chi connectivity index (χ0n) is 15.8. The van der Waals surface area contributed by atoms with Gasteiger partial charge in [0.2, 0.25) is 5.91 Å². The van der Waals surface area contributed by atoms with Crippen LogP contribution in [0.3, 0.4) is 0 Å². The molecule has 0 atom stereocenters. The normalized spacial score (nSPS) is 13.9. The number of anilines is 2. The van der Waals surface area contributed by atoms with Crippen LogP contribution in [0.25, 0.3) is 0 Å². The number of carbonyl (C=O) groups is 1. The molecule has 3 rings (SSSR count). The van der Waals surface area contributed by atoms with E-state index in [-0.39, 0.29) is 12.5 Å².